The molecule has 0 saturated carbocycles. The third-order valence-corrected chi connectivity index (χ3v) is 4.01. The summed E-state index contributed by atoms with van der Waals surface area (Å²) in [5.74, 6) is -1.75. The highest BCUT2D eigenvalue weighted by molar-refractivity contribution is 7.17. The highest BCUT2D eigenvalue weighted by atomic mass is 32.1. The molecule has 0 radical (unpaired) electrons. The van der Waals surface area contributed by atoms with Crippen molar-refractivity contribution in [1.82, 2.24) is 9.88 Å². The quantitative estimate of drug-likeness (QED) is 0.631. The summed E-state index contributed by atoms with van der Waals surface area (Å²) in [5.41, 5.74) is 0.451. The van der Waals surface area contributed by atoms with E-state index in [1.807, 2.05) is 0 Å². The Labute approximate surface area is 130 Å². The van der Waals surface area contributed by atoms with E-state index in [0.717, 1.165) is 16.2 Å². The van der Waals surface area contributed by atoms with Gasteiger partial charge in [-0.1, -0.05) is 11.3 Å². The maximum absolute atomic E-state index is 11.9. The van der Waals surface area contributed by atoms with Crippen molar-refractivity contribution in [3.63, 3.8) is 0 Å². The molecule has 1 N–H and O–H groups in total. The molecule has 1 aromatic heterocycles. The minimum atomic E-state index is -0.534. The topological polar surface area (TPSA) is 106 Å². The van der Waals surface area contributed by atoms with Gasteiger partial charge in [0.15, 0.2) is 5.13 Å². The van der Waals surface area contributed by atoms with Crippen LogP contribution in [0.5, 0.6) is 0 Å². The molecule has 2 rings (SSSR count). The van der Waals surface area contributed by atoms with Gasteiger partial charge in [0.2, 0.25) is 17.7 Å². The van der Waals surface area contributed by atoms with Crippen LogP contribution in [-0.2, 0) is 19.1 Å². The summed E-state index contributed by atoms with van der Waals surface area (Å²) in [4.78, 5) is 51.7. The number of nitrogens with one attached hydrogen (secondary N) is 1. The van der Waals surface area contributed by atoms with Crippen molar-refractivity contribution < 1.29 is 23.9 Å². The molecule has 2 heterocycles. The number of nitrogens with zero attached hydrogens (tertiary/aromatic N) is 2. The Bertz CT molecular complexity index is 624. The lowest BCUT2D eigenvalue weighted by Crippen LogP contribution is -2.36. The monoisotopic (exact) mass is 325 g/mol. The molecule has 118 valence electrons. The third-order valence-electron chi connectivity index (χ3n) is 2.96. The number of rotatable bonds is 5. The molecule has 1 fully saturated rings. The Morgan fingerprint density at radius 1 is 1.32 bits per heavy atom. The van der Waals surface area contributed by atoms with E-state index in [0.29, 0.717) is 10.6 Å². The summed E-state index contributed by atoms with van der Waals surface area (Å²) in [5, 5.41) is 2.71. The zero-order valence-corrected chi connectivity index (χ0v) is 13.0. The molecule has 0 aromatic carbocycles. The van der Waals surface area contributed by atoms with Crippen molar-refractivity contribution in [2.75, 3.05) is 18.5 Å². The van der Waals surface area contributed by atoms with Gasteiger partial charge in [-0.2, -0.15) is 0 Å². The van der Waals surface area contributed by atoms with E-state index >= 15 is 0 Å². The number of aromatic nitrogens is 1. The highest BCUT2D eigenvalue weighted by Crippen LogP contribution is 2.23. The second-order valence-electron chi connectivity index (χ2n) is 4.58. The molecule has 9 heteroatoms. The van der Waals surface area contributed by atoms with Gasteiger partial charge in [-0.05, 0) is 13.8 Å². The lowest BCUT2D eigenvalue weighted by atomic mass is 10.4. The average Bonchev–Trinajstić information content (AvgIpc) is 2.96. The highest BCUT2D eigenvalue weighted by Gasteiger charge is 2.30. The number of carbonyl (C=O) groups is 4. The molecule has 1 aliphatic heterocycles. The van der Waals surface area contributed by atoms with Crippen molar-refractivity contribution >= 4 is 40.2 Å². The van der Waals surface area contributed by atoms with E-state index in [2.05, 4.69) is 10.3 Å². The largest absolute Gasteiger partial charge is 0.462 e. The Kier molecular flexibility index (Phi) is 4.86. The minimum absolute atomic E-state index is 0.134. The van der Waals surface area contributed by atoms with Crippen molar-refractivity contribution in [2.24, 2.45) is 0 Å². The van der Waals surface area contributed by atoms with Crippen LogP contribution in [0.15, 0.2) is 0 Å². The lowest BCUT2D eigenvalue weighted by Gasteiger charge is -2.12. The number of amides is 3. The van der Waals surface area contributed by atoms with Crippen LogP contribution in [0.2, 0.25) is 0 Å². The number of thiazole rings is 1. The Morgan fingerprint density at radius 2 is 1.95 bits per heavy atom. The zero-order chi connectivity index (χ0) is 16.3. The van der Waals surface area contributed by atoms with Crippen molar-refractivity contribution in [2.45, 2.75) is 26.7 Å². The lowest BCUT2D eigenvalue weighted by molar-refractivity contribution is -0.141. The molecule has 1 aromatic rings. The van der Waals surface area contributed by atoms with Crippen LogP contribution in [0, 0.1) is 6.92 Å². The number of hydrogen-bond acceptors (Lipinski definition) is 7. The molecule has 0 unspecified atom stereocenters. The maximum atomic E-state index is 11.9. The first kappa shape index (κ1) is 16.1. The van der Waals surface area contributed by atoms with Gasteiger partial charge < -0.3 is 10.1 Å². The number of aryl methyl sites for hydroxylation is 1. The normalized spacial score (nSPS) is 14.4. The second kappa shape index (κ2) is 6.65. The second-order valence-corrected chi connectivity index (χ2v) is 5.57. The first-order valence-corrected chi connectivity index (χ1v) is 7.51. The van der Waals surface area contributed by atoms with E-state index in [1.165, 1.54) is 0 Å². The van der Waals surface area contributed by atoms with Gasteiger partial charge in [-0.25, -0.2) is 9.78 Å². The number of likely N-dealkylation sites (tertiary alicyclic amines) is 1. The van der Waals surface area contributed by atoms with Crippen molar-refractivity contribution in [1.29, 1.82) is 0 Å². The third kappa shape index (κ3) is 3.48. The number of anilines is 1. The van der Waals surface area contributed by atoms with Crippen LogP contribution >= 0.6 is 11.3 Å². The fourth-order valence-electron chi connectivity index (χ4n) is 1.94. The fraction of sp³-hybridized carbons (Fsp3) is 0.462. The Hall–Kier alpha value is -2.29. The van der Waals surface area contributed by atoms with Gasteiger partial charge in [0.25, 0.3) is 0 Å². The molecule has 1 aliphatic rings. The molecule has 8 nitrogen and oxygen atoms in total. The average molecular weight is 325 g/mol. The van der Waals surface area contributed by atoms with Crippen LogP contribution in [0.4, 0.5) is 5.13 Å². The number of carbonyl (C=O) groups excluding carboxylic acids is 4. The number of ether oxygens (including phenoxy) is 1. The van der Waals surface area contributed by atoms with E-state index in [4.69, 9.17) is 4.74 Å². The molecule has 3 amide bonds. The van der Waals surface area contributed by atoms with Gasteiger partial charge in [0.05, 0.1) is 12.3 Å². The molecular formula is C13H15N3O5S. The molecular weight excluding hydrogens is 310 g/mol. The standard InChI is InChI=1S/C13H15N3O5S/c1-3-21-12(20)11-7(2)14-13(22-11)15-8(17)6-16-9(18)4-5-10(16)19/h3-6H2,1-2H3,(H,14,15,17). The SMILES string of the molecule is CCOC(=O)c1sc(NC(=O)CN2C(=O)CCC2=O)nc1C. The first-order chi connectivity index (χ1) is 10.4. The summed E-state index contributed by atoms with van der Waals surface area (Å²) in [6.07, 6.45) is 0.269. The van der Waals surface area contributed by atoms with Crippen LogP contribution in [0.1, 0.15) is 35.1 Å². The van der Waals surface area contributed by atoms with Gasteiger partial charge >= 0.3 is 5.97 Å². The van der Waals surface area contributed by atoms with Crippen LogP contribution < -0.4 is 5.32 Å². The molecule has 0 atom stereocenters. The predicted octanol–water partition coefficient (Wildman–Crippen LogP) is 0.716. The Morgan fingerprint density at radius 3 is 2.55 bits per heavy atom. The minimum Gasteiger partial charge on any atom is -0.462 e. The first-order valence-electron chi connectivity index (χ1n) is 6.70. The zero-order valence-electron chi connectivity index (χ0n) is 12.2. The smallest absolute Gasteiger partial charge is 0.350 e. The van der Waals surface area contributed by atoms with Gasteiger partial charge in [0, 0.05) is 12.8 Å². The number of esters is 1. The molecule has 0 aliphatic carbocycles. The Balaban J connectivity index is 2.00. The van der Waals surface area contributed by atoms with Gasteiger partial charge in [-0.3, -0.25) is 19.3 Å². The van der Waals surface area contributed by atoms with Crippen molar-refractivity contribution in [3.05, 3.63) is 10.6 Å². The summed E-state index contributed by atoms with van der Waals surface area (Å²) in [6, 6.07) is 0. The summed E-state index contributed by atoms with van der Waals surface area (Å²) >= 11 is 0.989. The van der Waals surface area contributed by atoms with Gasteiger partial charge in [0.1, 0.15) is 11.4 Å². The summed E-state index contributed by atoms with van der Waals surface area (Å²) in [6.45, 7) is 3.23. The number of hydrogen-bond donors (Lipinski definition) is 1. The van der Waals surface area contributed by atoms with Crippen LogP contribution in [-0.4, -0.2) is 46.7 Å². The van der Waals surface area contributed by atoms with Gasteiger partial charge in [-0.15, -0.1) is 0 Å². The van der Waals surface area contributed by atoms with E-state index in [9.17, 15) is 19.2 Å². The molecule has 0 bridgehead atoms. The fourth-order valence-corrected chi connectivity index (χ4v) is 2.81. The van der Waals surface area contributed by atoms with Crippen molar-refractivity contribution in [3.8, 4) is 0 Å². The number of imide groups is 1. The van der Waals surface area contributed by atoms with E-state index < -0.39 is 11.9 Å². The van der Waals surface area contributed by atoms with Crippen LogP contribution in [0.3, 0.4) is 0 Å². The molecule has 1 saturated heterocycles. The molecule has 0 spiro atoms. The predicted molar refractivity (Wildman–Crippen MR) is 77.4 cm³/mol. The van der Waals surface area contributed by atoms with E-state index in [1.54, 1.807) is 13.8 Å². The maximum Gasteiger partial charge on any atom is 0.350 e. The van der Waals surface area contributed by atoms with E-state index in [-0.39, 0.29) is 42.9 Å². The molecule has 22 heavy (non-hydrogen) atoms. The summed E-state index contributed by atoms with van der Waals surface area (Å²) < 4.78 is 4.88. The summed E-state index contributed by atoms with van der Waals surface area (Å²) in [7, 11) is 0. The van der Waals surface area contributed by atoms with Crippen LogP contribution in [0.25, 0.3) is 0 Å².